The van der Waals surface area contributed by atoms with Crippen molar-refractivity contribution < 1.29 is 18.0 Å². The predicted octanol–water partition coefficient (Wildman–Crippen LogP) is 3.82. The summed E-state index contributed by atoms with van der Waals surface area (Å²) < 4.78 is 38.6. The lowest BCUT2D eigenvalue weighted by Gasteiger charge is -2.60. The zero-order valence-electron chi connectivity index (χ0n) is 14.4. The number of nitrogens with zero attached hydrogens (tertiary/aromatic N) is 3. The molecule has 0 N–H and O–H groups in total. The number of hydrogen-bond acceptors (Lipinski definition) is 4. The summed E-state index contributed by atoms with van der Waals surface area (Å²) in [5.74, 6) is 0. The van der Waals surface area contributed by atoms with E-state index in [9.17, 15) is 13.2 Å². The topological polar surface area (TPSA) is 39.5 Å². The Balaban J connectivity index is 1.57. The lowest BCUT2D eigenvalue weighted by atomic mass is 9.73. The van der Waals surface area contributed by atoms with E-state index in [2.05, 4.69) is 13.8 Å². The van der Waals surface area contributed by atoms with Crippen molar-refractivity contribution in [2.45, 2.75) is 39.0 Å². The Hall–Kier alpha value is -1.78. The molecule has 2 aliphatic rings. The Labute approximate surface area is 145 Å². The van der Waals surface area contributed by atoms with Gasteiger partial charge in [-0.25, -0.2) is 0 Å². The van der Waals surface area contributed by atoms with Crippen molar-refractivity contribution in [2.24, 2.45) is 5.41 Å². The molecular weight excluding hydrogens is 331 g/mol. The van der Waals surface area contributed by atoms with Crippen LogP contribution in [-0.2, 0) is 11.0 Å². The first-order valence-corrected chi connectivity index (χ1v) is 8.54. The molecule has 1 aromatic carbocycles. The maximum atomic E-state index is 12.9. The molecule has 1 atom stereocenters. The Morgan fingerprint density at radius 1 is 1.28 bits per heavy atom. The molecule has 2 saturated heterocycles. The van der Waals surface area contributed by atoms with Crippen molar-refractivity contribution in [1.29, 1.82) is 5.26 Å². The van der Waals surface area contributed by atoms with Gasteiger partial charge in [0.25, 0.3) is 0 Å². The summed E-state index contributed by atoms with van der Waals surface area (Å²) in [4.78, 5) is 7.86. The van der Waals surface area contributed by atoms with Crippen LogP contribution in [0.3, 0.4) is 0 Å². The minimum absolute atomic E-state index is 0.168. The molecule has 1 spiro atoms. The summed E-state index contributed by atoms with van der Waals surface area (Å²) >= 11 is 0. The fourth-order valence-electron chi connectivity index (χ4n) is 3.70. The first-order valence-electron chi connectivity index (χ1n) is 8.54. The third-order valence-electron chi connectivity index (χ3n) is 4.89. The smallest absolute Gasteiger partial charge is 0.370 e. The van der Waals surface area contributed by atoms with Crippen LogP contribution in [0.25, 0.3) is 0 Å². The molecular formula is C18H22F3N3O. The van der Waals surface area contributed by atoms with E-state index < -0.39 is 11.7 Å². The fraction of sp³-hybridized carbons (Fsp3) is 0.611. The van der Waals surface area contributed by atoms with Gasteiger partial charge in [-0.05, 0) is 31.5 Å². The molecule has 0 radical (unpaired) electrons. The van der Waals surface area contributed by atoms with Crippen molar-refractivity contribution >= 4 is 5.69 Å². The molecule has 25 heavy (non-hydrogen) atoms. The molecule has 0 aromatic heterocycles. The van der Waals surface area contributed by atoms with Gasteiger partial charge in [0.1, 0.15) is 0 Å². The van der Waals surface area contributed by atoms with Gasteiger partial charge in [0.2, 0.25) is 0 Å². The first kappa shape index (κ1) is 18.0. The second-order valence-electron chi connectivity index (χ2n) is 7.20. The molecule has 3 rings (SSSR count). The summed E-state index contributed by atoms with van der Waals surface area (Å²) in [6.45, 7) is 7.46. The van der Waals surface area contributed by atoms with Crippen molar-refractivity contribution in [3.05, 3.63) is 29.3 Å². The maximum Gasteiger partial charge on any atom is 0.417 e. The molecule has 1 unspecified atom stereocenters. The van der Waals surface area contributed by atoms with Crippen LogP contribution in [0.4, 0.5) is 18.9 Å². The monoisotopic (exact) mass is 353 g/mol. The quantitative estimate of drug-likeness (QED) is 0.807. The molecule has 0 bridgehead atoms. The molecule has 0 amide bonds. The third-order valence-corrected chi connectivity index (χ3v) is 4.89. The highest BCUT2D eigenvalue weighted by Gasteiger charge is 2.52. The van der Waals surface area contributed by atoms with Crippen molar-refractivity contribution in [2.75, 3.05) is 31.1 Å². The summed E-state index contributed by atoms with van der Waals surface area (Å²) in [5.41, 5.74) is -0.351. The Morgan fingerprint density at radius 3 is 2.52 bits per heavy atom. The number of benzene rings is 1. The molecule has 1 aromatic rings. The van der Waals surface area contributed by atoms with Gasteiger partial charge >= 0.3 is 6.18 Å². The highest BCUT2D eigenvalue weighted by Crippen LogP contribution is 2.43. The van der Waals surface area contributed by atoms with Gasteiger partial charge in [0.15, 0.2) is 0 Å². The van der Waals surface area contributed by atoms with Crippen LogP contribution in [0.5, 0.6) is 0 Å². The van der Waals surface area contributed by atoms with E-state index in [1.807, 2.05) is 9.96 Å². The lowest BCUT2D eigenvalue weighted by molar-refractivity contribution is -0.277. The number of alkyl halides is 3. The lowest BCUT2D eigenvalue weighted by Crippen LogP contribution is -2.72. The molecule has 2 heterocycles. The zero-order valence-corrected chi connectivity index (χ0v) is 14.4. The minimum atomic E-state index is -4.50. The number of hydrogen-bond donors (Lipinski definition) is 0. The molecule has 4 nitrogen and oxygen atoms in total. The van der Waals surface area contributed by atoms with Crippen LogP contribution in [0.2, 0.25) is 0 Å². The van der Waals surface area contributed by atoms with Crippen LogP contribution in [0, 0.1) is 16.7 Å². The van der Waals surface area contributed by atoms with E-state index in [-0.39, 0.29) is 17.1 Å². The van der Waals surface area contributed by atoms with Crippen molar-refractivity contribution in [3.63, 3.8) is 0 Å². The number of nitriles is 1. The Morgan fingerprint density at radius 2 is 1.96 bits per heavy atom. The van der Waals surface area contributed by atoms with Crippen molar-refractivity contribution in [3.8, 4) is 6.07 Å². The van der Waals surface area contributed by atoms with Gasteiger partial charge in [0, 0.05) is 37.3 Å². The predicted molar refractivity (Wildman–Crippen MR) is 87.8 cm³/mol. The maximum absolute atomic E-state index is 12.9. The highest BCUT2D eigenvalue weighted by molar-refractivity contribution is 5.57. The van der Waals surface area contributed by atoms with E-state index >= 15 is 0 Å². The first-order chi connectivity index (χ1) is 11.8. The van der Waals surface area contributed by atoms with Gasteiger partial charge < -0.3 is 4.90 Å². The van der Waals surface area contributed by atoms with Crippen LogP contribution in [0.1, 0.15) is 37.8 Å². The van der Waals surface area contributed by atoms with Gasteiger partial charge in [-0.1, -0.05) is 13.3 Å². The Kier molecular flexibility index (Phi) is 4.69. The third kappa shape index (κ3) is 3.60. The van der Waals surface area contributed by atoms with E-state index in [4.69, 9.17) is 10.1 Å². The minimum Gasteiger partial charge on any atom is -0.370 e. The Bertz CT molecular complexity index is 669. The van der Waals surface area contributed by atoms with Gasteiger partial charge in [-0.3, -0.25) is 4.84 Å². The number of hydroxylamine groups is 2. The normalized spacial score (nSPS) is 20.7. The van der Waals surface area contributed by atoms with E-state index in [0.717, 1.165) is 45.1 Å². The fourth-order valence-corrected chi connectivity index (χ4v) is 3.70. The molecule has 7 heteroatoms. The molecule has 136 valence electrons. The van der Waals surface area contributed by atoms with E-state index in [1.165, 1.54) is 12.1 Å². The number of halogens is 3. The van der Waals surface area contributed by atoms with E-state index in [0.29, 0.717) is 5.69 Å². The summed E-state index contributed by atoms with van der Waals surface area (Å²) in [6.07, 6.45) is -2.17. The van der Waals surface area contributed by atoms with E-state index in [1.54, 1.807) is 6.07 Å². The standard InChI is InChI=1S/C18H22F3N3O/c1-3-4-13(2)25-24-11-17(12-24)9-23(10-17)15-5-6-16(18(19,20)21)14(7-15)8-22/h5-7,13H,3-4,9-12H2,1-2H3. The van der Waals surface area contributed by atoms with Crippen LogP contribution < -0.4 is 4.90 Å². The average molecular weight is 353 g/mol. The molecule has 0 aliphatic carbocycles. The second kappa shape index (κ2) is 6.50. The van der Waals surface area contributed by atoms with Crippen molar-refractivity contribution in [1.82, 2.24) is 5.06 Å². The van der Waals surface area contributed by atoms with Gasteiger partial charge in [-0.15, -0.1) is 0 Å². The summed E-state index contributed by atoms with van der Waals surface area (Å²) in [7, 11) is 0. The number of anilines is 1. The summed E-state index contributed by atoms with van der Waals surface area (Å²) in [5, 5.41) is 11.0. The molecule has 2 fully saturated rings. The van der Waals surface area contributed by atoms with Crippen LogP contribution >= 0.6 is 0 Å². The molecule has 2 aliphatic heterocycles. The van der Waals surface area contributed by atoms with Gasteiger partial charge in [0.05, 0.1) is 23.3 Å². The van der Waals surface area contributed by atoms with Crippen LogP contribution in [0.15, 0.2) is 18.2 Å². The second-order valence-corrected chi connectivity index (χ2v) is 7.20. The largest absolute Gasteiger partial charge is 0.417 e. The van der Waals surface area contributed by atoms with Gasteiger partial charge in [-0.2, -0.15) is 23.5 Å². The average Bonchev–Trinajstić information content (AvgIpc) is 2.47. The summed E-state index contributed by atoms with van der Waals surface area (Å²) in [6, 6.07) is 5.45. The highest BCUT2D eigenvalue weighted by atomic mass is 19.4. The van der Waals surface area contributed by atoms with Crippen LogP contribution in [-0.4, -0.2) is 37.3 Å². The zero-order chi connectivity index (χ0) is 18.2. The SMILES string of the molecule is CCCC(C)ON1CC2(C1)CN(c1ccc(C(F)(F)F)c(C#N)c1)C2. The number of rotatable bonds is 5. The molecule has 0 saturated carbocycles.